The number of hydrogen-bond donors (Lipinski definition) is 1. The van der Waals surface area contributed by atoms with Crippen LogP contribution in [0.15, 0.2) is 0 Å². The highest BCUT2D eigenvalue weighted by molar-refractivity contribution is 4.99. The van der Waals surface area contributed by atoms with Crippen LogP contribution in [0.25, 0.3) is 0 Å². The number of rotatable bonds is 5. The average Bonchev–Trinajstić information content (AvgIpc) is 2.95. The quantitative estimate of drug-likeness (QED) is 0.864. The fourth-order valence-corrected chi connectivity index (χ4v) is 2.41. The molecule has 5 nitrogen and oxygen atoms in total. The third-order valence-corrected chi connectivity index (χ3v) is 3.62. The van der Waals surface area contributed by atoms with Gasteiger partial charge in [0.15, 0.2) is 0 Å². The summed E-state index contributed by atoms with van der Waals surface area (Å²) in [5, 5.41) is 12.0. The van der Waals surface area contributed by atoms with Gasteiger partial charge in [-0.2, -0.15) is 0 Å². The van der Waals surface area contributed by atoms with Crippen molar-refractivity contribution in [3.05, 3.63) is 11.6 Å². The van der Waals surface area contributed by atoms with Crippen molar-refractivity contribution in [2.24, 2.45) is 7.05 Å². The molecule has 18 heavy (non-hydrogen) atoms. The molecule has 0 aliphatic carbocycles. The Morgan fingerprint density at radius 3 is 2.72 bits per heavy atom. The van der Waals surface area contributed by atoms with Gasteiger partial charge >= 0.3 is 0 Å². The van der Waals surface area contributed by atoms with Crippen LogP contribution in [0.3, 0.4) is 0 Å². The van der Waals surface area contributed by atoms with Crippen LogP contribution < -0.4 is 5.32 Å². The largest absolute Gasteiger partial charge is 0.377 e. The van der Waals surface area contributed by atoms with Gasteiger partial charge in [-0.3, -0.25) is 0 Å². The van der Waals surface area contributed by atoms with Crippen molar-refractivity contribution in [1.82, 2.24) is 20.1 Å². The fraction of sp³-hybridized carbons (Fsp3) is 0.846. The van der Waals surface area contributed by atoms with E-state index in [0.717, 1.165) is 31.2 Å². The monoisotopic (exact) mass is 252 g/mol. The second kappa shape index (κ2) is 5.80. The molecule has 1 aliphatic heterocycles. The van der Waals surface area contributed by atoms with E-state index in [-0.39, 0.29) is 0 Å². The van der Waals surface area contributed by atoms with Crippen molar-refractivity contribution >= 4 is 0 Å². The Hall–Kier alpha value is -0.940. The lowest BCUT2D eigenvalue weighted by Crippen LogP contribution is -2.37. The Labute approximate surface area is 109 Å². The van der Waals surface area contributed by atoms with Crippen LogP contribution in [0.4, 0.5) is 0 Å². The Morgan fingerprint density at radius 1 is 1.39 bits per heavy atom. The summed E-state index contributed by atoms with van der Waals surface area (Å²) < 4.78 is 7.75. The maximum atomic E-state index is 5.67. The first-order chi connectivity index (χ1) is 8.59. The van der Waals surface area contributed by atoms with Crippen molar-refractivity contribution in [3.8, 4) is 0 Å². The van der Waals surface area contributed by atoms with Gasteiger partial charge in [-0.25, -0.2) is 0 Å². The zero-order valence-corrected chi connectivity index (χ0v) is 11.8. The standard InChI is InChI=1S/C13H24N4O/c1-9(2)13-16-15-12(17(13)4)8-14-10(3)11-6-5-7-18-11/h9-11,14H,5-8H2,1-4H3. The molecule has 1 aromatic heterocycles. The topological polar surface area (TPSA) is 52.0 Å². The van der Waals surface area contributed by atoms with E-state index in [1.165, 1.54) is 6.42 Å². The fourth-order valence-electron chi connectivity index (χ4n) is 2.41. The molecule has 0 bridgehead atoms. The molecule has 5 heteroatoms. The summed E-state index contributed by atoms with van der Waals surface area (Å²) in [4.78, 5) is 0. The molecule has 0 amide bonds. The van der Waals surface area contributed by atoms with Crippen molar-refractivity contribution in [2.45, 2.75) is 58.2 Å². The molecule has 0 radical (unpaired) electrons. The lowest BCUT2D eigenvalue weighted by Gasteiger charge is -2.19. The second-order valence-electron chi connectivity index (χ2n) is 5.41. The predicted molar refractivity (Wildman–Crippen MR) is 70.4 cm³/mol. The molecule has 1 aromatic rings. The predicted octanol–water partition coefficient (Wildman–Crippen LogP) is 1.60. The average molecular weight is 252 g/mol. The van der Waals surface area contributed by atoms with Crippen LogP contribution in [0.2, 0.25) is 0 Å². The van der Waals surface area contributed by atoms with Gasteiger partial charge in [-0.15, -0.1) is 10.2 Å². The van der Waals surface area contributed by atoms with Gasteiger partial charge in [-0.1, -0.05) is 13.8 Å². The van der Waals surface area contributed by atoms with Gasteiger partial charge in [-0.05, 0) is 19.8 Å². The molecular weight excluding hydrogens is 228 g/mol. The molecular formula is C13H24N4O. The molecule has 1 fully saturated rings. The second-order valence-corrected chi connectivity index (χ2v) is 5.41. The Bertz CT molecular complexity index is 382. The van der Waals surface area contributed by atoms with E-state index in [0.29, 0.717) is 18.1 Å². The molecule has 2 rings (SSSR count). The third kappa shape index (κ3) is 2.90. The first kappa shape index (κ1) is 13.5. The zero-order valence-electron chi connectivity index (χ0n) is 11.8. The van der Waals surface area contributed by atoms with Crippen LogP contribution in [-0.4, -0.2) is 33.5 Å². The molecule has 1 aliphatic rings. The van der Waals surface area contributed by atoms with E-state index in [2.05, 4.69) is 40.9 Å². The zero-order chi connectivity index (χ0) is 13.1. The highest BCUT2D eigenvalue weighted by Gasteiger charge is 2.22. The summed E-state index contributed by atoms with van der Waals surface area (Å²) in [6, 6.07) is 0.367. The molecule has 0 spiro atoms. The number of hydrogen-bond acceptors (Lipinski definition) is 4. The van der Waals surface area contributed by atoms with Crippen LogP contribution in [0.5, 0.6) is 0 Å². The highest BCUT2D eigenvalue weighted by atomic mass is 16.5. The van der Waals surface area contributed by atoms with Gasteiger partial charge < -0.3 is 14.6 Å². The van der Waals surface area contributed by atoms with Crippen molar-refractivity contribution in [2.75, 3.05) is 6.61 Å². The molecule has 1 N–H and O–H groups in total. The Kier molecular flexibility index (Phi) is 4.35. The summed E-state index contributed by atoms with van der Waals surface area (Å²) in [6.07, 6.45) is 2.69. The number of nitrogens with zero attached hydrogens (tertiary/aromatic N) is 3. The lowest BCUT2D eigenvalue weighted by atomic mass is 10.1. The third-order valence-electron chi connectivity index (χ3n) is 3.62. The Morgan fingerprint density at radius 2 is 2.17 bits per heavy atom. The van der Waals surface area contributed by atoms with Crippen molar-refractivity contribution < 1.29 is 4.74 Å². The number of nitrogens with one attached hydrogen (secondary N) is 1. The summed E-state index contributed by atoms with van der Waals surface area (Å²) in [6.45, 7) is 8.09. The molecule has 1 saturated heterocycles. The van der Waals surface area contributed by atoms with Crippen LogP contribution in [0.1, 0.15) is 51.2 Å². The molecule has 0 aromatic carbocycles. The van der Waals surface area contributed by atoms with Gasteiger partial charge in [0.1, 0.15) is 11.6 Å². The SMILES string of the molecule is CC(C)c1nnc(CNC(C)C2CCCO2)n1C. The van der Waals surface area contributed by atoms with Crippen molar-refractivity contribution in [1.29, 1.82) is 0 Å². The maximum Gasteiger partial charge on any atom is 0.146 e. The molecule has 2 heterocycles. The summed E-state index contributed by atoms with van der Waals surface area (Å²) in [5.41, 5.74) is 0. The summed E-state index contributed by atoms with van der Waals surface area (Å²) >= 11 is 0. The molecule has 2 atom stereocenters. The van der Waals surface area contributed by atoms with E-state index < -0.39 is 0 Å². The van der Waals surface area contributed by atoms with Crippen LogP contribution >= 0.6 is 0 Å². The minimum Gasteiger partial charge on any atom is -0.377 e. The lowest BCUT2D eigenvalue weighted by molar-refractivity contribution is 0.0829. The summed E-state index contributed by atoms with van der Waals surface area (Å²) in [5.74, 6) is 2.44. The van der Waals surface area contributed by atoms with Gasteiger partial charge in [0, 0.05) is 25.6 Å². The Balaban J connectivity index is 1.89. The normalized spacial score (nSPS) is 21.7. The van der Waals surface area contributed by atoms with Gasteiger partial charge in [0.05, 0.1) is 12.6 Å². The highest BCUT2D eigenvalue weighted by Crippen LogP contribution is 2.16. The maximum absolute atomic E-state index is 5.67. The van der Waals surface area contributed by atoms with E-state index in [1.54, 1.807) is 0 Å². The van der Waals surface area contributed by atoms with Gasteiger partial charge in [0.2, 0.25) is 0 Å². The minimum absolute atomic E-state index is 0.350. The van der Waals surface area contributed by atoms with Crippen LogP contribution in [-0.2, 0) is 18.3 Å². The molecule has 102 valence electrons. The minimum atomic E-state index is 0.350. The number of ether oxygens (including phenoxy) is 1. The summed E-state index contributed by atoms with van der Waals surface area (Å²) in [7, 11) is 2.03. The molecule has 2 unspecified atom stereocenters. The van der Waals surface area contributed by atoms with Gasteiger partial charge in [0.25, 0.3) is 0 Å². The van der Waals surface area contributed by atoms with Crippen LogP contribution in [0, 0.1) is 0 Å². The smallest absolute Gasteiger partial charge is 0.146 e. The van der Waals surface area contributed by atoms with Crippen molar-refractivity contribution in [3.63, 3.8) is 0 Å². The van der Waals surface area contributed by atoms with E-state index >= 15 is 0 Å². The number of aromatic nitrogens is 3. The van der Waals surface area contributed by atoms with E-state index in [9.17, 15) is 0 Å². The first-order valence-electron chi connectivity index (χ1n) is 6.82. The molecule has 0 saturated carbocycles. The van der Waals surface area contributed by atoms with E-state index in [1.807, 2.05) is 7.05 Å². The first-order valence-corrected chi connectivity index (χ1v) is 6.82. The van der Waals surface area contributed by atoms with E-state index in [4.69, 9.17) is 4.74 Å².